The predicted octanol–water partition coefficient (Wildman–Crippen LogP) is 2.85. The first-order valence-corrected chi connectivity index (χ1v) is 5.74. The molecule has 0 spiro atoms. The molecular weight excluding hydrogens is 208 g/mol. The average Bonchev–Trinajstić information content (AvgIpc) is 2.18. The van der Waals surface area contributed by atoms with E-state index in [0.29, 0.717) is 16.8 Å². The van der Waals surface area contributed by atoms with Crippen LogP contribution < -0.4 is 11.1 Å². The van der Waals surface area contributed by atoms with Gasteiger partial charge in [-0.15, -0.1) is 0 Å². The molecule has 0 aliphatic carbocycles. The van der Waals surface area contributed by atoms with Crippen molar-refractivity contribution in [3.8, 4) is 0 Å². The summed E-state index contributed by atoms with van der Waals surface area (Å²) in [6, 6.07) is 6.41. The fourth-order valence-electron chi connectivity index (χ4n) is 1.43. The number of benzene rings is 1. The fraction of sp³-hybridized carbons (Fsp3) is 0.500. The Hall–Kier alpha value is -0.730. The number of nitrogen functional groups attached to an aromatic ring is 1. The van der Waals surface area contributed by atoms with Gasteiger partial charge in [0.05, 0.1) is 10.7 Å². The Balaban J connectivity index is 2.35. The molecule has 0 unspecified atom stereocenters. The van der Waals surface area contributed by atoms with E-state index in [0.717, 1.165) is 19.4 Å². The van der Waals surface area contributed by atoms with E-state index in [-0.39, 0.29) is 0 Å². The van der Waals surface area contributed by atoms with Gasteiger partial charge in [-0.25, -0.2) is 0 Å². The van der Waals surface area contributed by atoms with Crippen molar-refractivity contribution in [2.45, 2.75) is 32.7 Å². The Morgan fingerprint density at radius 3 is 2.73 bits per heavy atom. The first-order valence-electron chi connectivity index (χ1n) is 5.37. The Kier molecular flexibility index (Phi) is 4.92. The molecule has 2 nitrogen and oxygen atoms in total. The summed E-state index contributed by atoms with van der Waals surface area (Å²) in [5, 5.41) is 4.02. The first kappa shape index (κ1) is 12.3. The van der Waals surface area contributed by atoms with Gasteiger partial charge in [0, 0.05) is 6.04 Å². The van der Waals surface area contributed by atoms with Crippen LogP contribution in [0.3, 0.4) is 0 Å². The van der Waals surface area contributed by atoms with Crippen LogP contribution in [0.1, 0.15) is 25.8 Å². The van der Waals surface area contributed by atoms with E-state index >= 15 is 0 Å². The van der Waals surface area contributed by atoms with Crippen molar-refractivity contribution in [2.24, 2.45) is 0 Å². The highest BCUT2D eigenvalue weighted by Gasteiger charge is 1.98. The number of hydrogen-bond acceptors (Lipinski definition) is 2. The first-order chi connectivity index (χ1) is 7.09. The molecule has 3 N–H and O–H groups in total. The standard InChI is InChI=1S/C12H19ClN2/c1-9(2)15-7-3-4-10-5-6-11(13)12(14)8-10/h5-6,8-9,15H,3-4,7,14H2,1-2H3. The number of nitrogens with one attached hydrogen (secondary N) is 1. The van der Waals surface area contributed by atoms with E-state index in [9.17, 15) is 0 Å². The summed E-state index contributed by atoms with van der Waals surface area (Å²) >= 11 is 5.85. The molecule has 0 saturated carbocycles. The number of anilines is 1. The SMILES string of the molecule is CC(C)NCCCc1ccc(Cl)c(N)c1. The molecule has 1 rings (SSSR count). The number of aryl methyl sites for hydroxylation is 1. The van der Waals surface area contributed by atoms with Crippen molar-refractivity contribution in [3.63, 3.8) is 0 Å². The summed E-state index contributed by atoms with van der Waals surface area (Å²) in [4.78, 5) is 0. The van der Waals surface area contributed by atoms with Crippen LogP contribution in [0.15, 0.2) is 18.2 Å². The molecule has 3 heteroatoms. The molecule has 1 aromatic carbocycles. The maximum atomic E-state index is 5.85. The minimum Gasteiger partial charge on any atom is -0.398 e. The summed E-state index contributed by atoms with van der Waals surface area (Å²) in [7, 11) is 0. The molecule has 0 fully saturated rings. The molecule has 0 radical (unpaired) electrons. The van der Waals surface area contributed by atoms with Gasteiger partial charge in [-0.05, 0) is 37.1 Å². The van der Waals surface area contributed by atoms with Crippen molar-refractivity contribution < 1.29 is 0 Å². The second kappa shape index (κ2) is 5.99. The minimum absolute atomic E-state index is 0.556. The van der Waals surface area contributed by atoms with Gasteiger partial charge in [0.15, 0.2) is 0 Å². The average molecular weight is 227 g/mol. The third-order valence-electron chi connectivity index (χ3n) is 2.26. The van der Waals surface area contributed by atoms with Gasteiger partial charge >= 0.3 is 0 Å². The zero-order valence-electron chi connectivity index (χ0n) is 9.39. The zero-order chi connectivity index (χ0) is 11.3. The molecule has 0 saturated heterocycles. The summed E-state index contributed by atoms with van der Waals surface area (Å²) in [5.74, 6) is 0. The largest absolute Gasteiger partial charge is 0.398 e. The van der Waals surface area contributed by atoms with Gasteiger partial charge in [0.25, 0.3) is 0 Å². The Morgan fingerprint density at radius 1 is 1.40 bits per heavy atom. The Bertz CT molecular complexity index is 310. The molecule has 0 amide bonds. The van der Waals surface area contributed by atoms with Gasteiger partial charge in [0.2, 0.25) is 0 Å². The lowest BCUT2D eigenvalue weighted by atomic mass is 10.1. The second-order valence-corrected chi connectivity index (χ2v) is 4.48. The van der Waals surface area contributed by atoms with E-state index in [1.165, 1.54) is 5.56 Å². The van der Waals surface area contributed by atoms with Crippen LogP contribution in [0.2, 0.25) is 5.02 Å². The number of hydrogen-bond donors (Lipinski definition) is 2. The van der Waals surface area contributed by atoms with E-state index in [4.69, 9.17) is 17.3 Å². The van der Waals surface area contributed by atoms with Gasteiger partial charge in [-0.1, -0.05) is 31.5 Å². The van der Waals surface area contributed by atoms with Crippen LogP contribution in [-0.4, -0.2) is 12.6 Å². The van der Waals surface area contributed by atoms with E-state index < -0.39 is 0 Å². The lowest BCUT2D eigenvalue weighted by molar-refractivity contribution is 0.570. The van der Waals surface area contributed by atoms with Crippen molar-refractivity contribution in [3.05, 3.63) is 28.8 Å². The van der Waals surface area contributed by atoms with Crippen LogP contribution in [0.4, 0.5) is 5.69 Å². The number of halogens is 1. The molecule has 84 valence electrons. The highest BCUT2D eigenvalue weighted by Crippen LogP contribution is 2.19. The highest BCUT2D eigenvalue weighted by atomic mass is 35.5. The molecule has 1 aromatic rings. The van der Waals surface area contributed by atoms with Crippen LogP contribution in [-0.2, 0) is 6.42 Å². The van der Waals surface area contributed by atoms with Crippen LogP contribution >= 0.6 is 11.6 Å². The van der Waals surface area contributed by atoms with Crippen molar-refractivity contribution in [1.82, 2.24) is 5.32 Å². The third-order valence-corrected chi connectivity index (χ3v) is 2.60. The number of rotatable bonds is 5. The Morgan fingerprint density at radius 2 is 2.13 bits per heavy atom. The highest BCUT2D eigenvalue weighted by molar-refractivity contribution is 6.33. The van der Waals surface area contributed by atoms with Gasteiger partial charge < -0.3 is 11.1 Å². The quantitative estimate of drug-likeness (QED) is 0.599. The molecule has 15 heavy (non-hydrogen) atoms. The van der Waals surface area contributed by atoms with E-state index in [1.807, 2.05) is 18.2 Å². The summed E-state index contributed by atoms with van der Waals surface area (Å²) in [6.07, 6.45) is 2.17. The molecule has 0 aromatic heterocycles. The predicted molar refractivity (Wildman–Crippen MR) is 67.3 cm³/mol. The van der Waals surface area contributed by atoms with Gasteiger partial charge in [-0.3, -0.25) is 0 Å². The zero-order valence-corrected chi connectivity index (χ0v) is 10.1. The molecule has 0 heterocycles. The van der Waals surface area contributed by atoms with Crippen LogP contribution in [0.25, 0.3) is 0 Å². The molecule has 0 bridgehead atoms. The fourth-order valence-corrected chi connectivity index (χ4v) is 1.55. The van der Waals surface area contributed by atoms with E-state index in [1.54, 1.807) is 0 Å². The van der Waals surface area contributed by atoms with E-state index in [2.05, 4.69) is 19.2 Å². The molecule has 0 aliphatic heterocycles. The monoisotopic (exact) mass is 226 g/mol. The van der Waals surface area contributed by atoms with Gasteiger partial charge in [0.1, 0.15) is 0 Å². The maximum Gasteiger partial charge on any atom is 0.0635 e. The number of nitrogens with two attached hydrogens (primary N) is 1. The molecule has 0 atom stereocenters. The van der Waals surface area contributed by atoms with Crippen LogP contribution in [0, 0.1) is 0 Å². The lowest BCUT2D eigenvalue weighted by Gasteiger charge is -2.08. The smallest absolute Gasteiger partial charge is 0.0635 e. The van der Waals surface area contributed by atoms with Crippen molar-refractivity contribution in [2.75, 3.05) is 12.3 Å². The molecular formula is C12H19ClN2. The summed E-state index contributed by atoms with van der Waals surface area (Å²) < 4.78 is 0. The second-order valence-electron chi connectivity index (χ2n) is 4.07. The van der Waals surface area contributed by atoms with Gasteiger partial charge in [-0.2, -0.15) is 0 Å². The summed E-state index contributed by atoms with van der Waals surface area (Å²) in [6.45, 7) is 5.35. The van der Waals surface area contributed by atoms with Crippen LogP contribution in [0.5, 0.6) is 0 Å². The lowest BCUT2D eigenvalue weighted by Crippen LogP contribution is -2.23. The van der Waals surface area contributed by atoms with Crippen molar-refractivity contribution in [1.29, 1.82) is 0 Å². The normalized spacial score (nSPS) is 10.9. The third kappa shape index (κ3) is 4.54. The Labute approximate surface area is 96.8 Å². The molecule has 0 aliphatic rings. The van der Waals surface area contributed by atoms with Crippen molar-refractivity contribution >= 4 is 17.3 Å². The summed E-state index contributed by atoms with van der Waals surface area (Å²) in [5.41, 5.74) is 7.65. The topological polar surface area (TPSA) is 38.0 Å². The minimum atomic E-state index is 0.556. The maximum absolute atomic E-state index is 5.85.